The molecular weight excluding hydrogens is 238 g/mol. The molecule has 0 aliphatic heterocycles. The maximum absolute atomic E-state index is 11.6. The van der Waals surface area contributed by atoms with Crippen LogP contribution in [0.2, 0.25) is 0 Å². The molecule has 1 rings (SSSR count). The summed E-state index contributed by atoms with van der Waals surface area (Å²) in [6.07, 6.45) is 0. The number of sulfonamides is 1. The number of hydrogen-bond acceptors (Lipinski definition) is 3. The number of methoxy groups -OCH3 is 1. The van der Waals surface area contributed by atoms with Gasteiger partial charge in [0.2, 0.25) is 10.0 Å². The second-order valence-electron chi connectivity index (χ2n) is 2.83. The zero-order chi connectivity index (χ0) is 11.5. The first-order chi connectivity index (χ1) is 7.05. The van der Waals surface area contributed by atoms with Crippen LogP contribution in [-0.4, -0.2) is 22.6 Å². The fourth-order valence-corrected chi connectivity index (χ4v) is 2.23. The number of nitrogens with one attached hydrogen (secondary N) is 1. The molecule has 1 aromatic rings. The van der Waals surface area contributed by atoms with Gasteiger partial charge in [-0.05, 0) is 24.7 Å². The van der Waals surface area contributed by atoms with Crippen LogP contribution in [0.3, 0.4) is 0 Å². The van der Waals surface area contributed by atoms with Crippen molar-refractivity contribution in [3.05, 3.63) is 23.8 Å². The van der Waals surface area contributed by atoms with E-state index in [0.29, 0.717) is 5.75 Å². The van der Waals surface area contributed by atoms with Gasteiger partial charge in [-0.1, -0.05) is 6.07 Å². The molecule has 15 heavy (non-hydrogen) atoms. The molecule has 0 fully saturated rings. The van der Waals surface area contributed by atoms with Crippen molar-refractivity contribution in [3.8, 4) is 5.75 Å². The van der Waals surface area contributed by atoms with Crippen molar-refractivity contribution >= 4 is 21.6 Å². The van der Waals surface area contributed by atoms with Crippen molar-refractivity contribution in [3.63, 3.8) is 0 Å². The van der Waals surface area contributed by atoms with Crippen molar-refractivity contribution < 1.29 is 13.2 Å². The molecule has 0 aromatic heterocycles. The van der Waals surface area contributed by atoms with Gasteiger partial charge in [0.15, 0.2) is 0 Å². The highest BCUT2D eigenvalue weighted by Crippen LogP contribution is 2.25. The van der Waals surface area contributed by atoms with E-state index in [9.17, 15) is 8.42 Å². The predicted octanol–water partition coefficient (Wildman–Crippen LogP) is 1.34. The van der Waals surface area contributed by atoms with E-state index >= 15 is 0 Å². The minimum Gasteiger partial charge on any atom is -0.495 e. The summed E-state index contributed by atoms with van der Waals surface area (Å²) in [4.78, 5) is 0.102. The standard InChI is InChI=1S/C9H12ClNO3S/c1-11-15(12,13)9-5-7(6-10)3-4-8(9)14-2/h3-5,11H,6H2,1-2H3. The second kappa shape index (κ2) is 4.83. The summed E-state index contributed by atoms with van der Waals surface area (Å²) >= 11 is 5.63. The third-order valence-electron chi connectivity index (χ3n) is 1.94. The van der Waals surface area contributed by atoms with Crippen LogP contribution in [0.1, 0.15) is 5.56 Å². The molecule has 6 heteroatoms. The van der Waals surface area contributed by atoms with Crippen LogP contribution < -0.4 is 9.46 Å². The van der Waals surface area contributed by atoms with Crippen molar-refractivity contribution in [1.29, 1.82) is 0 Å². The van der Waals surface area contributed by atoms with Gasteiger partial charge in [0, 0.05) is 5.88 Å². The van der Waals surface area contributed by atoms with Crippen molar-refractivity contribution in [2.24, 2.45) is 0 Å². The predicted molar refractivity (Wildman–Crippen MR) is 58.8 cm³/mol. The van der Waals surface area contributed by atoms with E-state index in [1.54, 1.807) is 12.1 Å². The molecule has 1 N–H and O–H groups in total. The Morgan fingerprint density at radius 3 is 2.60 bits per heavy atom. The minimum atomic E-state index is -3.51. The molecule has 0 unspecified atom stereocenters. The number of benzene rings is 1. The zero-order valence-corrected chi connectivity index (χ0v) is 10.0. The Hall–Kier alpha value is -0.780. The third-order valence-corrected chi connectivity index (χ3v) is 3.68. The molecule has 0 radical (unpaired) electrons. The fourth-order valence-electron chi connectivity index (χ4n) is 1.12. The van der Waals surface area contributed by atoms with Crippen molar-refractivity contribution in [2.75, 3.05) is 14.2 Å². The molecule has 1 aromatic carbocycles. The zero-order valence-electron chi connectivity index (χ0n) is 8.45. The molecule has 0 saturated carbocycles. The summed E-state index contributed by atoms with van der Waals surface area (Å²) in [7, 11) is -0.737. The largest absolute Gasteiger partial charge is 0.495 e. The van der Waals surface area contributed by atoms with Gasteiger partial charge in [0.05, 0.1) is 7.11 Å². The highest BCUT2D eigenvalue weighted by molar-refractivity contribution is 7.89. The number of ether oxygens (including phenoxy) is 1. The number of halogens is 1. The van der Waals surface area contributed by atoms with Crippen LogP contribution in [-0.2, 0) is 15.9 Å². The number of rotatable bonds is 4. The van der Waals surface area contributed by atoms with Gasteiger partial charge in [0.1, 0.15) is 10.6 Å². The Kier molecular flexibility index (Phi) is 3.96. The van der Waals surface area contributed by atoms with Gasteiger partial charge in [0.25, 0.3) is 0 Å². The number of alkyl halides is 1. The molecule has 0 atom stereocenters. The summed E-state index contributed by atoms with van der Waals surface area (Å²) in [5.74, 6) is 0.564. The van der Waals surface area contributed by atoms with E-state index in [1.165, 1.54) is 20.2 Å². The third kappa shape index (κ3) is 2.62. The quantitative estimate of drug-likeness (QED) is 0.820. The minimum absolute atomic E-state index is 0.102. The Bertz CT molecular complexity index is 445. The van der Waals surface area contributed by atoms with Gasteiger partial charge in [-0.3, -0.25) is 0 Å². The summed E-state index contributed by atoms with van der Waals surface area (Å²) in [5.41, 5.74) is 0.728. The molecule has 0 spiro atoms. The average Bonchev–Trinajstić information content (AvgIpc) is 2.28. The van der Waals surface area contributed by atoms with Crippen LogP contribution in [0.15, 0.2) is 23.1 Å². The lowest BCUT2D eigenvalue weighted by atomic mass is 10.2. The lowest BCUT2D eigenvalue weighted by Gasteiger charge is -2.09. The molecular formula is C9H12ClNO3S. The van der Waals surface area contributed by atoms with E-state index < -0.39 is 10.0 Å². The van der Waals surface area contributed by atoms with E-state index in [4.69, 9.17) is 16.3 Å². The van der Waals surface area contributed by atoms with Gasteiger partial charge in [-0.2, -0.15) is 0 Å². The SMILES string of the molecule is CNS(=O)(=O)c1cc(CCl)ccc1OC. The topological polar surface area (TPSA) is 55.4 Å². The molecule has 0 aliphatic rings. The summed E-state index contributed by atoms with van der Waals surface area (Å²) in [6.45, 7) is 0. The first kappa shape index (κ1) is 12.3. The summed E-state index contributed by atoms with van der Waals surface area (Å²) in [5, 5.41) is 0. The second-order valence-corrected chi connectivity index (χ2v) is 4.95. The lowest BCUT2D eigenvalue weighted by Crippen LogP contribution is -2.19. The smallest absolute Gasteiger partial charge is 0.244 e. The fraction of sp³-hybridized carbons (Fsp3) is 0.333. The maximum atomic E-state index is 11.6. The highest BCUT2D eigenvalue weighted by Gasteiger charge is 2.17. The van der Waals surface area contributed by atoms with Crippen LogP contribution >= 0.6 is 11.6 Å². The van der Waals surface area contributed by atoms with Gasteiger partial charge in [-0.15, -0.1) is 11.6 Å². The maximum Gasteiger partial charge on any atom is 0.244 e. The molecule has 0 saturated heterocycles. The molecule has 84 valence electrons. The lowest BCUT2D eigenvalue weighted by molar-refractivity contribution is 0.402. The molecule has 0 bridgehead atoms. The van der Waals surface area contributed by atoms with Crippen molar-refractivity contribution in [2.45, 2.75) is 10.8 Å². The molecule has 0 amide bonds. The monoisotopic (exact) mass is 249 g/mol. The van der Waals surface area contributed by atoms with Crippen LogP contribution in [0.5, 0.6) is 5.75 Å². The van der Waals surface area contributed by atoms with Crippen LogP contribution in [0, 0.1) is 0 Å². The Balaban J connectivity index is 3.36. The Morgan fingerprint density at radius 2 is 2.13 bits per heavy atom. The summed E-state index contributed by atoms with van der Waals surface area (Å²) < 4.78 is 30.4. The molecule has 0 aliphatic carbocycles. The van der Waals surface area contributed by atoms with E-state index in [0.717, 1.165) is 5.56 Å². The summed E-state index contributed by atoms with van der Waals surface area (Å²) in [6, 6.07) is 4.81. The van der Waals surface area contributed by atoms with Crippen LogP contribution in [0.25, 0.3) is 0 Å². The average molecular weight is 250 g/mol. The van der Waals surface area contributed by atoms with Gasteiger partial charge < -0.3 is 4.74 Å². The normalized spacial score (nSPS) is 11.4. The van der Waals surface area contributed by atoms with Crippen molar-refractivity contribution in [1.82, 2.24) is 4.72 Å². The molecule has 4 nitrogen and oxygen atoms in total. The van der Waals surface area contributed by atoms with E-state index in [2.05, 4.69) is 4.72 Å². The van der Waals surface area contributed by atoms with E-state index in [1.807, 2.05) is 0 Å². The first-order valence-electron chi connectivity index (χ1n) is 4.21. The highest BCUT2D eigenvalue weighted by atomic mass is 35.5. The van der Waals surface area contributed by atoms with E-state index in [-0.39, 0.29) is 10.8 Å². The number of hydrogen-bond donors (Lipinski definition) is 1. The van der Waals surface area contributed by atoms with Gasteiger partial charge in [-0.25, -0.2) is 13.1 Å². The Labute approximate surface area is 94.3 Å². The first-order valence-corrected chi connectivity index (χ1v) is 6.23. The Morgan fingerprint density at radius 1 is 1.47 bits per heavy atom. The molecule has 0 heterocycles. The van der Waals surface area contributed by atoms with Gasteiger partial charge >= 0.3 is 0 Å². The van der Waals surface area contributed by atoms with Crippen LogP contribution in [0.4, 0.5) is 0 Å².